The Morgan fingerprint density at radius 1 is 1.32 bits per heavy atom. The molecular formula is C13H17F3O3. The van der Waals surface area contributed by atoms with Crippen molar-refractivity contribution in [3.05, 3.63) is 29.8 Å². The van der Waals surface area contributed by atoms with Crippen molar-refractivity contribution in [1.29, 1.82) is 0 Å². The van der Waals surface area contributed by atoms with Gasteiger partial charge in [-0.15, -0.1) is 13.2 Å². The summed E-state index contributed by atoms with van der Waals surface area (Å²) in [6, 6.07) is 5.29. The minimum absolute atomic E-state index is 0.335. The third-order valence-electron chi connectivity index (χ3n) is 2.66. The predicted octanol–water partition coefficient (Wildman–Crippen LogP) is 3.43. The fraction of sp³-hybridized carbons (Fsp3) is 0.538. The molecule has 2 atom stereocenters. The average molecular weight is 278 g/mol. The third kappa shape index (κ3) is 5.08. The summed E-state index contributed by atoms with van der Waals surface area (Å²) in [5.74, 6) is -0.351. The van der Waals surface area contributed by atoms with Gasteiger partial charge in [0.05, 0.1) is 6.10 Å². The van der Waals surface area contributed by atoms with E-state index < -0.39 is 18.6 Å². The normalized spacial score (nSPS) is 15.1. The third-order valence-corrected chi connectivity index (χ3v) is 2.66. The maximum Gasteiger partial charge on any atom is 0.573 e. The van der Waals surface area contributed by atoms with Gasteiger partial charge in [0.15, 0.2) is 0 Å². The number of aliphatic hydroxyl groups is 1. The lowest BCUT2D eigenvalue weighted by molar-refractivity contribution is -0.274. The standard InChI is InChI=1S/C13H17F3O3/c1-3-5-11(18-2)12(17)9-6-4-7-10(8-9)19-13(14,15)16/h4,6-8,11-12,17H,3,5H2,1-2H3. The second-order valence-corrected chi connectivity index (χ2v) is 4.13. The molecule has 0 aliphatic rings. The van der Waals surface area contributed by atoms with E-state index in [0.29, 0.717) is 12.0 Å². The van der Waals surface area contributed by atoms with E-state index >= 15 is 0 Å². The monoisotopic (exact) mass is 278 g/mol. The van der Waals surface area contributed by atoms with Gasteiger partial charge in [0.25, 0.3) is 0 Å². The van der Waals surface area contributed by atoms with Crippen molar-refractivity contribution in [3.63, 3.8) is 0 Å². The van der Waals surface area contributed by atoms with Gasteiger partial charge in [-0.2, -0.15) is 0 Å². The Labute approximate surface area is 110 Å². The van der Waals surface area contributed by atoms with E-state index in [1.807, 2.05) is 6.92 Å². The van der Waals surface area contributed by atoms with Gasteiger partial charge in [-0.25, -0.2) is 0 Å². The summed E-state index contributed by atoms with van der Waals surface area (Å²) in [5.41, 5.74) is 0.335. The average Bonchev–Trinajstić information content (AvgIpc) is 2.33. The van der Waals surface area contributed by atoms with Crippen LogP contribution in [0.3, 0.4) is 0 Å². The van der Waals surface area contributed by atoms with Crippen LogP contribution in [0.1, 0.15) is 31.4 Å². The molecule has 3 nitrogen and oxygen atoms in total. The number of aliphatic hydroxyl groups excluding tert-OH is 1. The molecule has 0 fully saturated rings. The van der Waals surface area contributed by atoms with Gasteiger partial charge in [-0.1, -0.05) is 25.5 Å². The van der Waals surface area contributed by atoms with Crippen LogP contribution < -0.4 is 4.74 Å². The van der Waals surface area contributed by atoms with Gasteiger partial charge in [0, 0.05) is 7.11 Å². The lowest BCUT2D eigenvalue weighted by atomic mass is 10.0. The summed E-state index contributed by atoms with van der Waals surface area (Å²) >= 11 is 0. The minimum atomic E-state index is -4.74. The predicted molar refractivity (Wildman–Crippen MR) is 63.8 cm³/mol. The van der Waals surface area contributed by atoms with Crippen molar-refractivity contribution in [2.75, 3.05) is 7.11 Å². The summed E-state index contributed by atoms with van der Waals surface area (Å²) < 4.78 is 45.3. The van der Waals surface area contributed by atoms with E-state index in [-0.39, 0.29) is 5.75 Å². The number of rotatable bonds is 6. The molecule has 1 N–H and O–H groups in total. The highest BCUT2D eigenvalue weighted by molar-refractivity contribution is 5.30. The van der Waals surface area contributed by atoms with E-state index in [1.54, 1.807) is 0 Å². The Morgan fingerprint density at radius 2 is 2.00 bits per heavy atom. The number of hydrogen-bond acceptors (Lipinski definition) is 3. The van der Waals surface area contributed by atoms with Crippen molar-refractivity contribution in [2.45, 2.75) is 38.3 Å². The number of ether oxygens (including phenoxy) is 2. The highest BCUT2D eigenvalue weighted by Crippen LogP contribution is 2.28. The highest BCUT2D eigenvalue weighted by Gasteiger charge is 2.31. The first kappa shape index (κ1) is 15.8. The summed E-state index contributed by atoms with van der Waals surface area (Å²) in [4.78, 5) is 0. The van der Waals surface area contributed by atoms with Crippen LogP contribution in [0, 0.1) is 0 Å². The molecule has 0 saturated heterocycles. The van der Waals surface area contributed by atoms with Gasteiger partial charge in [0.1, 0.15) is 11.9 Å². The number of halogens is 3. The zero-order valence-electron chi connectivity index (χ0n) is 10.8. The molecule has 0 amide bonds. The smallest absolute Gasteiger partial charge is 0.406 e. The Morgan fingerprint density at radius 3 is 2.53 bits per heavy atom. The molecule has 0 saturated carbocycles. The first-order chi connectivity index (χ1) is 8.87. The molecule has 2 unspecified atom stereocenters. The molecule has 0 radical (unpaired) electrons. The summed E-state index contributed by atoms with van der Waals surface area (Å²) in [6.07, 6.45) is -4.77. The van der Waals surface area contributed by atoms with E-state index in [2.05, 4.69) is 4.74 Å². The van der Waals surface area contributed by atoms with E-state index in [0.717, 1.165) is 6.42 Å². The first-order valence-electron chi connectivity index (χ1n) is 5.94. The van der Waals surface area contributed by atoms with Gasteiger partial charge < -0.3 is 14.6 Å². The van der Waals surface area contributed by atoms with Crippen molar-refractivity contribution < 1.29 is 27.8 Å². The van der Waals surface area contributed by atoms with E-state index in [1.165, 1.54) is 31.4 Å². The fourth-order valence-corrected chi connectivity index (χ4v) is 1.80. The SMILES string of the molecule is CCCC(OC)C(O)c1cccc(OC(F)(F)F)c1. The largest absolute Gasteiger partial charge is 0.573 e. The van der Waals surface area contributed by atoms with Crippen LogP contribution in [0.4, 0.5) is 13.2 Å². The molecule has 0 aliphatic heterocycles. The van der Waals surface area contributed by atoms with Crippen LogP contribution in [-0.4, -0.2) is 24.7 Å². The lowest BCUT2D eigenvalue weighted by Crippen LogP contribution is -2.21. The molecule has 0 spiro atoms. The molecule has 19 heavy (non-hydrogen) atoms. The molecule has 0 aliphatic carbocycles. The number of alkyl halides is 3. The second kappa shape index (κ2) is 6.77. The van der Waals surface area contributed by atoms with Crippen molar-refractivity contribution >= 4 is 0 Å². The van der Waals surface area contributed by atoms with Crippen LogP contribution in [0.5, 0.6) is 5.75 Å². The highest BCUT2D eigenvalue weighted by atomic mass is 19.4. The lowest BCUT2D eigenvalue weighted by Gasteiger charge is -2.22. The maximum absolute atomic E-state index is 12.1. The van der Waals surface area contributed by atoms with Gasteiger partial charge in [-0.3, -0.25) is 0 Å². The van der Waals surface area contributed by atoms with E-state index in [4.69, 9.17) is 4.74 Å². The molecule has 6 heteroatoms. The molecule has 1 rings (SSSR count). The Hall–Kier alpha value is -1.27. The zero-order chi connectivity index (χ0) is 14.5. The maximum atomic E-state index is 12.1. The van der Waals surface area contributed by atoms with Crippen molar-refractivity contribution in [3.8, 4) is 5.75 Å². The molecule has 1 aromatic carbocycles. The fourth-order valence-electron chi connectivity index (χ4n) is 1.80. The summed E-state index contributed by atoms with van der Waals surface area (Å²) in [7, 11) is 1.46. The van der Waals surface area contributed by atoms with Crippen molar-refractivity contribution in [1.82, 2.24) is 0 Å². The van der Waals surface area contributed by atoms with Crippen LogP contribution in [0.15, 0.2) is 24.3 Å². The van der Waals surface area contributed by atoms with Crippen LogP contribution in [0.2, 0.25) is 0 Å². The summed E-state index contributed by atoms with van der Waals surface area (Å²) in [6.45, 7) is 1.93. The summed E-state index contributed by atoms with van der Waals surface area (Å²) in [5, 5.41) is 10.1. The molecular weight excluding hydrogens is 261 g/mol. The zero-order valence-corrected chi connectivity index (χ0v) is 10.8. The van der Waals surface area contributed by atoms with Crippen LogP contribution in [0.25, 0.3) is 0 Å². The Balaban J connectivity index is 2.85. The molecule has 0 heterocycles. The van der Waals surface area contributed by atoms with Gasteiger partial charge >= 0.3 is 6.36 Å². The molecule has 1 aromatic rings. The molecule has 0 aromatic heterocycles. The Bertz CT molecular complexity index is 393. The number of hydrogen-bond donors (Lipinski definition) is 1. The number of benzene rings is 1. The minimum Gasteiger partial charge on any atom is -0.406 e. The van der Waals surface area contributed by atoms with Gasteiger partial charge in [0.2, 0.25) is 0 Å². The Kier molecular flexibility index (Phi) is 5.62. The van der Waals surface area contributed by atoms with E-state index in [9.17, 15) is 18.3 Å². The first-order valence-corrected chi connectivity index (χ1v) is 5.94. The quantitative estimate of drug-likeness (QED) is 0.866. The van der Waals surface area contributed by atoms with Gasteiger partial charge in [-0.05, 0) is 24.1 Å². The van der Waals surface area contributed by atoms with Crippen molar-refractivity contribution in [2.24, 2.45) is 0 Å². The number of methoxy groups -OCH3 is 1. The van der Waals surface area contributed by atoms with Crippen LogP contribution >= 0.6 is 0 Å². The van der Waals surface area contributed by atoms with Crippen LogP contribution in [-0.2, 0) is 4.74 Å². The second-order valence-electron chi connectivity index (χ2n) is 4.13. The topological polar surface area (TPSA) is 38.7 Å². The molecule has 0 bridgehead atoms. The molecule has 108 valence electrons.